The van der Waals surface area contributed by atoms with Crippen molar-refractivity contribution in [1.82, 2.24) is 5.32 Å². The second-order valence-corrected chi connectivity index (χ2v) is 4.52. The number of nitrogens with one attached hydrogen (secondary N) is 1. The number of hydrogen-bond donors (Lipinski definition) is 2. The van der Waals surface area contributed by atoms with Crippen LogP contribution in [0, 0.1) is 0 Å². The molecule has 0 bridgehead atoms. The van der Waals surface area contributed by atoms with Crippen LogP contribution in [0.5, 0.6) is 0 Å². The lowest BCUT2D eigenvalue weighted by Gasteiger charge is -2.22. The Morgan fingerprint density at radius 2 is 2.06 bits per heavy atom. The summed E-state index contributed by atoms with van der Waals surface area (Å²) in [6.45, 7) is 0.159. The van der Waals surface area contributed by atoms with Crippen molar-refractivity contribution >= 4 is 11.6 Å². The molecule has 5 nitrogen and oxygen atoms in total. The summed E-state index contributed by atoms with van der Waals surface area (Å²) in [7, 11) is 0. The average molecular weight is 226 g/mol. The lowest BCUT2D eigenvalue weighted by atomic mass is 9.96. The van der Waals surface area contributed by atoms with Crippen LogP contribution in [0.2, 0.25) is 0 Å². The number of carbonyl (C=O) groups excluding carboxylic acids is 1. The Morgan fingerprint density at radius 3 is 2.62 bits per heavy atom. The van der Waals surface area contributed by atoms with Gasteiger partial charge in [0.15, 0.2) is 0 Å². The Hall–Kier alpha value is -1.10. The molecule has 2 N–H and O–H groups in total. The molecule has 90 valence electrons. The molecule has 5 heteroatoms. The van der Waals surface area contributed by atoms with Gasteiger partial charge in [0.1, 0.15) is 6.61 Å². The van der Waals surface area contributed by atoms with Crippen LogP contribution >= 0.6 is 0 Å². The summed E-state index contributed by atoms with van der Waals surface area (Å²) in [4.78, 5) is 11.4. The largest absolute Gasteiger partial charge is 0.411 e. The number of ether oxygens (including phenoxy) is 1. The van der Waals surface area contributed by atoms with Gasteiger partial charge in [-0.15, -0.1) is 0 Å². The monoisotopic (exact) mass is 226 g/mol. The highest BCUT2D eigenvalue weighted by Crippen LogP contribution is 2.20. The van der Waals surface area contributed by atoms with Crippen LogP contribution in [0.15, 0.2) is 5.16 Å². The van der Waals surface area contributed by atoms with Crippen LogP contribution in [0.25, 0.3) is 0 Å². The van der Waals surface area contributed by atoms with Crippen molar-refractivity contribution in [3.63, 3.8) is 0 Å². The third kappa shape index (κ3) is 3.48. The van der Waals surface area contributed by atoms with E-state index < -0.39 is 0 Å². The third-order valence-corrected chi connectivity index (χ3v) is 3.04. The smallest absolute Gasteiger partial charge is 0.246 e. The molecule has 16 heavy (non-hydrogen) atoms. The number of rotatable bonds is 4. The number of carbonyl (C=O) groups is 1. The Balaban J connectivity index is 1.61. The Bertz CT molecular complexity index is 277. The molecule has 0 atom stereocenters. The highest BCUT2D eigenvalue weighted by Gasteiger charge is 2.24. The standard InChI is InChI=1S/C11H18N2O3/c14-11(12-8-1-2-8)7-16-10-5-3-9(13-15)4-6-10/h8,10,15H,1-7H2,(H,12,14). The molecule has 0 radical (unpaired) electrons. The maximum absolute atomic E-state index is 11.4. The van der Waals surface area contributed by atoms with Gasteiger partial charge in [0, 0.05) is 6.04 Å². The highest BCUT2D eigenvalue weighted by molar-refractivity contribution is 5.84. The van der Waals surface area contributed by atoms with E-state index in [9.17, 15) is 4.79 Å². The SMILES string of the molecule is O=C(COC1CCC(=NO)CC1)NC1CC1. The van der Waals surface area contributed by atoms with E-state index in [1.54, 1.807) is 0 Å². The van der Waals surface area contributed by atoms with Crippen LogP contribution in [0.4, 0.5) is 0 Å². The fourth-order valence-electron chi connectivity index (χ4n) is 1.88. The maximum Gasteiger partial charge on any atom is 0.246 e. The van der Waals surface area contributed by atoms with Crippen molar-refractivity contribution < 1.29 is 14.7 Å². The molecule has 2 fully saturated rings. The molecule has 1 amide bonds. The van der Waals surface area contributed by atoms with Gasteiger partial charge in [-0.3, -0.25) is 4.79 Å². The normalized spacial score (nSPS) is 25.2. The van der Waals surface area contributed by atoms with Crippen molar-refractivity contribution in [2.45, 2.75) is 50.7 Å². The minimum Gasteiger partial charge on any atom is -0.411 e. The van der Waals surface area contributed by atoms with Crippen LogP contribution < -0.4 is 5.32 Å². The van der Waals surface area contributed by atoms with Gasteiger partial charge in [-0.2, -0.15) is 0 Å². The zero-order valence-electron chi connectivity index (χ0n) is 9.32. The van der Waals surface area contributed by atoms with Crippen molar-refractivity contribution in [3.05, 3.63) is 0 Å². The van der Waals surface area contributed by atoms with E-state index in [0.717, 1.165) is 44.2 Å². The molecule has 2 aliphatic carbocycles. The summed E-state index contributed by atoms with van der Waals surface area (Å²) in [5.41, 5.74) is 0.835. The van der Waals surface area contributed by atoms with E-state index in [2.05, 4.69) is 10.5 Å². The maximum atomic E-state index is 11.4. The molecule has 0 unspecified atom stereocenters. The highest BCUT2D eigenvalue weighted by atomic mass is 16.5. The molecule has 0 aromatic heterocycles. The average Bonchev–Trinajstić information content (AvgIpc) is 3.11. The van der Waals surface area contributed by atoms with Gasteiger partial charge in [0.05, 0.1) is 11.8 Å². The molecule has 0 aromatic carbocycles. The molecular formula is C11H18N2O3. The van der Waals surface area contributed by atoms with Gasteiger partial charge in [-0.05, 0) is 38.5 Å². The second kappa shape index (κ2) is 5.30. The molecule has 0 saturated heterocycles. The first kappa shape index (κ1) is 11.4. The first-order valence-corrected chi connectivity index (χ1v) is 5.88. The number of hydrogen-bond acceptors (Lipinski definition) is 4. The predicted octanol–water partition coefficient (Wildman–Crippen LogP) is 1.05. The molecule has 2 saturated carbocycles. The minimum atomic E-state index is -0.0101. The number of amides is 1. The van der Waals surface area contributed by atoms with Gasteiger partial charge in [0.25, 0.3) is 0 Å². The summed E-state index contributed by atoms with van der Waals surface area (Å²) in [5, 5.41) is 14.7. The first-order valence-electron chi connectivity index (χ1n) is 5.88. The van der Waals surface area contributed by atoms with E-state index in [-0.39, 0.29) is 18.6 Å². The zero-order chi connectivity index (χ0) is 11.4. The summed E-state index contributed by atoms with van der Waals surface area (Å²) in [5.74, 6) is -0.0101. The van der Waals surface area contributed by atoms with E-state index in [1.807, 2.05) is 0 Å². The molecule has 0 aliphatic heterocycles. The quantitative estimate of drug-likeness (QED) is 0.556. The van der Waals surface area contributed by atoms with Gasteiger partial charge in [-0.25, -0.2) is 0 Å². The lowest BCUT2D eigenvalue weighted by molar-refractivity contribution is -0.128. The minimum absolute atomic E-state index is 0.0101. The third-order valence-electron chi connectivity index (χ3n) is 3.04. The van der Waals surface area contributed by atoms with Crippen molar-refractivity contribution in [1.29, 1.82) is 0 Å². The number of nitrogens with zero attached hydrogens (tertiary/aromatic N) is 1. The van der Waals surface area contributed by atoms with E-state index in [4.69, 9.17) is 9.94 Å². The second-order valence-electron chi connectivity index (χ2n) is 4.52. The van der Waals surface area contributed by atoms with Crippen LogP contribution in [0.3, 0.4) is 0 Å². The molecule has 2 aliphatic rings. The van der Waals surface area contributed by atoms with Crippen LogP contribution in [-0.2, 0) is 9.53 Å². The van der Waals surface area contributed by atoms with E-state index in [0.29, 0.717) is 6.04 Å². The molecule has 0 aromatic rings. The van der Waals surface area contributed by atoms with Crippen LogP contribution in [-0.4, -0.2) is 35.6 Å². The fourth-order valence-corrected chi connectivity index (χ4v) is 1.88. The van der Waals surface area contributed by atoms with Crippen molar-refractivity contribution in [2.24, 2.45) is 5.16 Å². The summed E-state index contributed by atoms with van der Waals surface area (Å²) >= 11 is 0. The van der Waals surface area contributed by atoms with E-state index in [1.165, 1.54) is 0 Å². The van der Waals surface area contributed by atoms with Gasteiger partial charge >= 0.3 is 0 Å². The summed E-state index contributed by atoms with van der Waals surface area (Å²) in [6, 6.07) is 0.399. The predicted molar refractivity (Wildman–Crippen MR) is 58.6 cm³/mol. The fraction of sp³-hybridized carbons (Fsp3) is 0.818. The molecule has 2 rings (SSSR count). The lowest BCUT2D eigenvalue weighted by Crippen LogP contribution is -2.32. The van der Waals surface area contributed by atoms with E-state index >= 15 is 0 Å². The summed E-state index contributed by atoms with van der Waals surface area (Å²) in [6.07, 6.45) is 5.57. The summed E-state index contributed by atoms with van der Waals surface area (Å²) < 4.78 is 5.52. The Kier molecular flexibility index (Phi) is 3.77. The number of oxime groups is 1. The Labute approximate surface area is 94.8 Å². The van der Waals surface area contributed by atoms with Gasteiger partial charge in [-0.1, -0.05) is 5.16 Å². The topological polar surface area (TPSA) is 70.9 Å². The van der Waals surface area contributed by atoms with Gasteiger partial charge in [0.2, 0.25) is 5.91 Å². The van der Waals surface area contributed by atoms with Gasteiger partial charge < -0.3 is 15.3 Å². The van der Waals surface area contributed by atoms with Crippen molar-refractivity contribution in [2.75, 3.05) is 6.61 Å². The molecule has 0 heterocycles. The first-order chi connectivity index (χ1) is 7.78. The van der Waals surface area contributed by atoms with Crippen molar-refractivity contribution in [3.8, 4) is 0 Å². The van der Waals surface area contributed by atoms with Crippen LogP contribution in [0.1, 0.15) is 38.5 Å². The molecule has 0 spiro atoms. The zero-order valence-corrected chi connectivity index (χ0v) is 9.32. The Morgan fingerprint density at radius 1 is 1.38 bits per heavy atom. The molecular weight excluding hydrogens is 208 g/mol.